The molecular weight excluding hydrogens is 180 g/mol. The zero-order chi connectivity index (χ0) is 11.8. The van der Waals surface area contributed by atoms with Crippen LogP contribution in [0.4, 0.5) is 0 Å². The average Bonchev–Trinajstić information content (AvgIpc) is 2.11. The summed E-state index contributed by atoms with van der Waals surface area (Å²) in [7, 11) is 0. The van der Waals surface area contributed by atoms with Crippen molar-refractivity contribution in [2.45, 2.75) is 48.0 Å². The van der Waals surface area contributed by atoms with Crippen LogP contribution < -0.4 is 0 Å². The predicted molar refractivity (Wildman–Crippen MR) is 71.0 cm³/mol. The Balaban J connectivity index is 4.36. The molecule has 0 heteroatoms. The van der Waals surface area contributed by atoms with Gasteiger partial charge >= 0.3 is 0 Å². The summed E-state index contributed by atoms with van der Waals surface area (Å²) in [4.78, 5) is 0. The third-order valence-electron chi connectivity index (χ3n) is 1.96. The molecule has 0 nitrogen and oxygen atoms in total. The molecule has 15 heavy (non-hydrogen) atoms. The molecule has 0 aromatic rings. The van der Waals surface area contributed by atoms with Crippen molar-refractivity contribution in [2.24, 2.45) is 0 Å². The van der Waals surface area contributed by atoms with E-state index in [9.17, 15) is 0 Å². The van der Waals surface area contributed by atoms with E-state index >= 15 is 0 Å². The van der Waals surface area contributed by atoms with Gasteiger partial charge in [0.05, 0.1) is 0 Å². The van der Waals surface area contributed by atoms with Crippen LogP contribution in [0, 0.1) is 0 Å². The SMILES string of the molecule is CC(C)=C/C=C(\C)C/C(C)=C/C=C(C)C. The second kappa shape index (κ2) is 7.28. The zero-order valence-corrected chi connectivity index (χ0v) is 11.0. The number of hydrogen-bond donors (Lipinski definition) is 0. The lowest BCUT2D eigenvalue weighted by Gasteiger charge is -2.00. The van der Waals surface area contributed by atoms with Gasteiger partial charge in [-0.25, -0.2) is 0 Å². The van der Waals surface area contributed by atoms with Gasteiger partial charge in [-0.05, 0) is 48.0 Å². The molecule has 0 aromatic heterocycles. The van der Waals surface area contributed by atoms with Gasteiger partial charge in [-0.15, -0.1) is 0 Å². The summed E-state index contributed by atoms with van der Waals surface area (Å²) in [6.45, 7) is 12.8. The Morgan fingerprint density at radius 3 is 1.20 bits per heavy atom. The summed E-state index contributed by atoms with van der Waals surface area (Å²) in [5.41, 5.74) is 5.51. The maximum atomic E-state index is 2.20. The van der Waals surface area contributed by atoms with Crippen molar-refractivity contribution < 1.29 is 0 Å². The van der Waals surface area contributed by atoms with Gasteiger partial charge < -0.3 is 0 Å². The van der Waals surface area contributed by atoms with Crippen molar-refractivity contribution in [3.05, 3.63) is 46.6 Å². The second-order valence-electron chi connectivity index (χ2n) is 4.69. The number of allylic oxidation sites excluding steroid dienone is 8. The van der Waals surface area contributed by atoms with E-state index in [-0.39, 0.29) is 0 Å². The van der Waals surface area contributed by atoms with Crippen LogP contribution in [0.15, 0.2) is 46.6 Å². The number of hydrogen-bond acceptors (Lipinski definition) is 0. The van der Waals surface area contributed by atoms with Crippen LogP contribution in [-0.2, 0) is 0 Å². The normalized spacial score (nSPS) is 12.4. The summed E-state index contributed by atoms with van der Waals surface area (Å²) in [5.74, 6) is 0. The first-order chi connectivity index (χ1) is 6.91. The maximum Gasteiger partial charge on any atom is -0.0108 e. The molecule has 0 amide bonds. The highest BCUT2D eigenvalue weighted by Crippen LogP contribution is 2.11. The third-order valence-corrected chi connectivity index (χ3v) is 1.96. The Kier molecular flexibility index (Phi) is 6.77. The molecule has 0 aromatic carbocycles. The zero-order valence-electron chi connectivity index (χ0n) is 11.0. The highest BCUT2D eigenvalue weighted by molar-refractivity contribution is 5.22. The molecule has 0 aliphatic heterocycles. The van der Waals surface area contributed by atoms with E-state index in [0.717, 1.165) is 6.42 Å². The van der Waals surface area contributed by atoms with E-state index in [1.54, 1.807) is 0 Å². The van der Waals surface area contributed by atoms with Gasteiger partial charge in [0.15, 0.2) is 0 Å². The van der Waals surface area contributed by atoms with E-state index in [0.29, 0.717) is 0 Å². The van der Waals surface area contributed by atoms with E-state index < -0.39 is 0 Å². The monoisotopic (exact) mass is 204 g/mol. The topological polar surface area (TPSA) is 0 Å². The van der Waals surface area contributed by atoms with E-state index in [1.807, 2.05) is 0 Å². The first kappa shape index (κ1) is 14.0. The summed E-state index contributed by atoms with van der Waals surface area (Å²) < 4.78 is 0. The average molecular weight is 204 g/mol. The fourth-order valence-corrected chi connectivity index (χ4v) is 1.18. The minimum absolute atomic E-state index is 1.06. The Hall–Kier alpha value is -1.04. The van der Waals surface area contributed by atoms with Crippen LogP contribution in [0.25, 0.3) is 0 Å². The van der Waals surface area contributed by atoms with Gasteiger partial charge in [-0.1, -0.05) is 46.6 Å². The Morgan fingerprint density at radius 2 is 0.933 bits per heavy atom. The lowest BCUT2D eigenvalue weighted by atomic mass is 10.1. The standard InChI is InChI=1S/C15H24/c1-12(2)7-9-14(5)11-15(6)10-8-13(3)4/h7-10H,11H2,1-6H3/b14-9+,15-10+. The summed E-state index contributed by atoms with van der Waals surface area (Å²) in [5, 5.41) is 0. The molecule has 0 atom stereocenters. The van der Waals surface area contributed by atoms with E-state index in [1.165, 1.54) is 22.3 Å². The van der Waals surface area contributed by atoms with Gasteiger partial charge in [-0.2, -0.15) is 0 Å². The summed E-state index contributed by atoms with van der Waals surface area (Å²) in [6, 6.07) is 0. The fourth-order valence-electron chi connectivity index (χ4n) is 1.18. The Labute approximate surface area is 95.1 Å². The molecule has 0 aliphatic carbocycles. The molecule has 0 radical (unpaired) electrons. The van der Waals surface area contributed by atoms with E-state index in [2.05, 4.69) is 65.8 Å². The van der Waals surface area contributed by atoms with Crippen molar-refractivity contribution in [2.75, 3.05) is 0 Å². The third kappa shape index (κ3) is 9.27. The second-order valence-corrected chi connectivity index (χ2v) is 4.69. The van der Waals surface area contributed by atoms with Gasteiger partial charge in [0, 0.05) is 0 Å². The molecule has 0 fully saturated rings. The molecule has 0 unspecified atom stereocenters. The molecule has 0 rings (SSSR count). The van der Waals surface area contributed by atoms with Gasteiger partial charge in [0.2, 0.25) is 0 Å². The minimum atomic E-state index is 1.06. The van der Waals surface area contributed by atoms with E-state index in [4.69, 9.17) is 0 Å². The van der Waals surface area contributed by atoms with Gasteiger partial charge in [-0.3, -0.25) is 0 Å². The molecular formula is C15H24. The van der Waals surface area contributed by atoms with Gasteiger partial charge in [0.1, 0.15) is 0 Å². The quantitative estimate of drug-likeness (QED) is 0.552. The van der Waals surface area contributed by atoms with Crippen LogP contribution in [0.5, 0.6) is 0 Å². The lowest BCUT2D eigenvalue weighted by Crippen LogP contribution is -1.79. The first-order valence-electron chi connectivity index (χ1n) is 5.53. The number of rotatable bonds is 4. The largest absolute Gasteiger partial charge is 0.0764 e. The molecule has 0 heterocycles. The molecule has 0 spiro atoms. The van der Waals surface area contributed by atoms with Crippen LogP contribution in [0.1, 0.15) is 48.0 Å². The molecule has 0 N–H and O–H groups in total. The predicted octanol–water partition coefficient (Wildman–Crippen LogP) is 5.20. The molecule has 0 saturated carbocycles. The molecule has 0 saturated heterocycles. The summed E-state index contributed by atoms with van der Waals surface area (Å²) >= 11 is 0. The fraction of sp³-hybridized carbons (Fsp3) is 0.467. The van der Waals surface area contributed by atoms with Crippen LogP contribution >= 0.6 is 0 Å². The van der Waals surface area contributed by atoms with Crippen molar-refractivity contribution >= 4 is 0 Å². The Bertz CT molecular complexity index is 269. The highest BCUT2D eigenvalue weighted by Gasteiger charge is 1.90. The van der Waals surface area contributed by atoms with Crippen LogP contribution in [-0.4, -0.2) is 0 Å². The molecule has 84 valence electrons. The maximum absolute atomic E-state index is 2.20. The van der Waals surface area contributed by atoms with Crippen LogP contribution in [0.3, 0.4) is 0 Å². The first-order valence-corrected chi connectivity index (χ1v) is 5.53. The van der Waals surface area contributed by atoms with Crippen LogP contribution in [0.2, 0.25) is 0 Å². The highest BCUT2D eigenvalue weighted by atomic mass is 14.0. The minimum Gasteiger partial charge on any atom is -0.0764 e. The molecule has 0 bridgehead atoms. The summed E-state index contributed by atoms with van der Waals surface area (Å²) in [6.07, 6.45) is 9.81. The van der Waals surface area contributed by atoms with Crippen molar-refractivity contribution in [1.82, 2.24) is 0 Å². The molecule has 0 aliphatic rings. The Morgan fingerprint density at radius 1 is 0.600 bits per heavy atom. The van der Waals surface area contributed by atoms with Crippen molar-refractivity contribution in [1.29, 1.82) is 0 Å². The van der Waals surface area contributed by atoms with Crippen molar-refractivity contribution in [3.8, 4) is 0 Å². The lowest BCUT2D eigenvalue weighted by molar-refractivity contribution is 1.10. The smallest absolute Gasteiger partial charge is 0.0108 e. The van der Waals surface area contributed by atoms with Crippen molar-refractivity contribution in [3.63, 3.8) is 0 Å². The van der Waals surface area contributed by atoms with Gasteiger partial charge in [0.25, 0.3) is 0 Å².